The normalized spacial score (nSPS) is 19.5. The predicted molar refractivity (Wildman–Crippen MR) is 153 cm³/mol. The number of allylic oxidation sites excluding steroid dienone is 6. The van der Waals surface area contributed by atoms with Crippen molar-refractivity contribution in [2.24, 2.45) is 0 Å². The Morgan fingerprint density at radius 3 is 2.26 bits per heavy atom. The van der Waals surface area contributed by atoms with E-state index in [1.807, 2.05) is 12.2 Å². The van der Waals surface area contributed by atoms with Crippen LogP contribution in [0, 0.1) is 5.82 Å². The molecule has 4 heteroatoms. The highest BCUT2D eigenvalue weighted by molar-refractivity contribution is 5.92. The molecule has 3 nitrogen and oxygen atoms in total. The van der Waals surface area contributed by atoms with Crippen LogP contribution < -0.4 is 4.90 Å². The lowest BCUT2D eigenvalue weighted by atomic mass is 9.70. The van der Waals surface area contributed by atoms with E-state index in [9.17, 15) is 9.18 Å². The number of para-hydroxylation sites is 1. The van der Waals surface area contributed by atoms with E-state index in [1.54, 1.807) is 18.2 Å². The molecule has 38 heavy (non-hydrogen) atoms. The van der Waals surface area contributed by atoms with E-state index in [4.69, 9.17) is 4.74 Å². The fourth-order valence-electron chi connectivity index (χ4n) is 5.33. The second kappa shape index (κ2) is 10.1. The summed E-state index contributed by atoms with van der Waals surface area (Å²) < 4.78 is 18.4. The van der Waals surface area contributed by atoms with Crippen LogP contribution in [0.4, 0.5) is 15.8 Å². The van der Waals surface area contributed by atoms with Gasteiger partial charge in [-0.05, 0) is 76.7 Å². The van der Waals surface area contributed by atoms with Crippen molar-refractivity contribution in [2.75, 3.05) is 12.0 Å². The van der Waals surface area contributed by atoms with Gasteiger partial charge in [0.2, 0.25) is 0 Å². The molecule has 2 aliphatic rings. The van der Waals surface area contributed by atoms with Crippen molar-refractivity contribution >= 4 is 17.3 Å². The summed E-state index contributed by atoms with van der Waals surface area (Å²) in [6, 6.07) is 23.3. The third-order valence-electron chi connectivity index (χ3n) is 7.20. The third kappa shape index (κ3) is 4.54. The standard InChI is InChI=1S/C34H30FNO2/c1-23-13-14-26(33(37)38-4)9-5-7-12-31-32(23)34(2,3)29-10-6-8-11-30(29)36(31)28-21-17-25(18-22-28)24-15-19-27(35)20-16-24/h6-22H,1,5H2,2-4H3/b12-7-,14-13-,26-9+. The van der Waals surface area contributed by atoms with Crippen LogP contribution in [0.2, 0.25) is 0 Å². The van der Waals surface area contributed by atoms with Gasteiger partial charge < -0.3 is 9.64 Å². The molecule has 0 saturated heterocycles. The lowest BCUT2D eigenvalue weighted by Gasteiger charge is -2.43. The number of halogens is 1. The van der Waals surface area contributed by atoms with Gasteiger partial charge >= 0.3 is 5.97 Å². The Bertz CT molecular complexity index is 1520. The molecular weight excluding hydrogens is 473 g/mol. The van der Waals surface area contributed by atoms with Crippen LogP contribution >= 0.6 is 0 Å². The van der Waals surface area contributed by atoms with Crippen LogP contribution in [0.3, 0.4) is 0 Å². The number of ether oxygens (including phenoxy) is 1. The summed E-state index contributed by atoms with van der Waals surface area (Å²) in [7, 11) is 1.39. The van der Waals surface area contributed by atoms with E-state index >= 15 is 0 Å². The SMILES string of the molecule is C=C1/C=C\C(C(=O)OC)=C/C/C=C\C2=C1C(C)(C)c1ccccc1N2c1ccc(-c2ccc(F)cc2)cc1. The number of hydrogen-bond donors (Lipinski definition) is 0. The molecule has 0 fully saturated rings. The maximum atomic E-state index is 13.4. The van der Waals surface area contributed by atoms with Gasteiger partial charge in [0.15, 0.2) is 0 Å². The summed E-state index contributed by atoms with van der Waals surface area (Å²) in [5.41, 5.74) is 8.39. The molecule has 0 atom stereocenters. The molecule has 0 saturated carbocycles. The Morgan fingerprint density at radius 2 is 1.58 bits per heavy atom. The van der Waals surface area contributed by atoms with Gasteiger partial charge in [0.25, 0.3) is 0 Å². The number of anilines is 2. The number of nitrogens with zero attached hydrogens (tertiary/aromatic N) is 1. The Hall–Kier alpha value is -4.44. The molecular formula is C34H30FNO2. The van der Waals surface area contributed by atoms with E-state index in [2.05, 4.69) is 86.0 Å². The zero-order valence-electron chi connectivity index (χ0n) is 21.9. The van der Waals surface area contributed by atoms with Gasteiger partial charge in [0.1, 0.15) is 5.82 Å². The van der Waals surface area contributed by atoms with Crippen molar-refractivity contribution < 1.29 is 13.9 Å². The molecule has 0 bridgehead atoms. The van der Waals surface area contributed by atoms with Gasteiger partial charge in [-0.15, -0.1) is 0 Å². The lowest BCUT2D eigenvalue weighted by Crippen LogP contribution is -2.34. The number of fused-ring (bicyclic) bond motifs is 1. The number of carbonyl (C=O) groups is 1. The summed E-state index contributed by atoms with van der Waals surface area (Å²) in [5.74, 6) is -0.614. The molecule has 0 unspecified atom stereocenters. The molecule has 1 aliphatic heterocycles. The third-order valence-corrected chi connectivity index (χ3v) is 7.20. The van der Waals surface area contributed by atoms with Crippen LogP contribution in [0.15, 0.2) is 132 Å². The van der Waals surface area contributed by atoms with Crippen molar-refractivity contribution in [1.82, 2.24) is 0 Å². The summed E-state index contributed by atoms with van der Waals surface area (Å²) in [6.45, 7) is 8.86. The van der Waals surface area contributed by atoms with Crippen LogP contribution in [0.1, 0.15) is 25.8 Å². The molecule has 0 amide bonds. The number of carbonyl (C=O) groups excluding carboxylic acids is 1. The van der Waals surface area contributed by atoms with Gasteiger partial charge in [-0.3, -0.25) is 0 Å². The second-order valence-electron chi connectivity index (χ2n) is 9.94. The van der Waals surface area contributed by atoms with E-state index in [0.29, 0.717) is 12.0 Å². The summed E-state index contributed by atoms with van der Waals surface area (Å²) >= 11 is 0. The van der Waals surface area contributed by atoms with Crippen LogP contribution in [0.25, 0.3) is 11.1 Å². The number of benzene rings is 3. The van der Waals surface area contributed by atoms with Crippen LogP contribution in [-0.4, -0.2) is 13.1 Å². The van der Waals surface area contributed by atoms with E-state index in [0.717, 1.165) is 39.3 Å². The van der Waals surface area contributed by atoms with Crippen molar-refractivity contribution in [3.63, 3.8) is 0 Å². The first-order chi connectivity index (χ1) is 18.3. The molecule has 0 N–H and O–H groups in total. The number of methoxy groups -OCH3 is 1. The van der Waals surface area contributed by atoms with Gasteiger partial charge in [0.05, 0.1) is 24.1 Å². The Kier molecular flexibility index (Phi) is 6.73. The second-order valence-corrected chi connectivity index (χ2v) is 9.94. The van der Waals surface area contributed by atoms with Crippen molar-refractivity contribution in [2.45, 2.75) is 25.7 Å². The number of esters is 1. The zero-order chi connectivity index (χ0) is 26.9. The number of rotatable bonds is 3. The van der Waals surface area contributed by atoms with Gasteiger partial charge in [-0.1, -0.05) is 81.1 Å². The molecule has 5 rings (SSSR count). The highest BCUT2D eigenvalue weighted by Crippen LogP contribution is 2.50. The van der Waals surface area contributed by atoms with Crippen molar-refractivity contribution in [3.05, 3.63) is 144 Å². The largest absolute Gasteiger partial charge is 0.465 e. The Labute approximate surface area is 223 Å². The zero-order valence-corrected chi connectivity index (χ0v) is 21.9. The summed E-state index contributed by atoms with van der Waals surface area (Å²) in [4.78, 5) is 14.5. The fraction of sp³-hybridized carbons (Fsp3) is 0.147. The average Bonchev–Trinajstić information content (AvgIpc) is 2.92. The van der Waals surface area contributed by atoms with Gasteiger partial charge in [-0.2, -0.15) is 0 Å². The van der Waals surface area contributed by atoms with Crippen molar-refractivity contribution in [3.8, 4) is 11.1 Å². The lowest BCUT2D eigenvalue weighted by molar-refractivity contribution is -0.135. The minimum Gasteiger partial charge on any atom is -0.465 e. The van der Waals surface area contributed by atoms with E-state index in [-0.39, 0.29) is 17.2 Å². The topological polar surface area (TPSA) is 29.5 Å². The quantitative estimate of drug-likeness (QED) is 0.336. The number of hydrogen-bond acceptors (Lipinski definition) is 3. The molecule has 3 aromatic carbocycles. The average molecular weight is 504 g/mol. The highest BCUT2D eigenvalue weighted by atomic mass is 19.1. The van der Waals surface area contributed by atoms with Gasteiger partial charge in [0, 0.05) is 11.1 Å². The highest BCUT2D eigenvalue weighted by Gasteiger charge is 2.38. The summed E-state index contributed by atoms with van der Waals surface area (Å²) in [6.07, 6.45) is 10.3. The summed E-state index contributed by atoms with van der Waals surface area (Å²) in [5, 5.41) is 0. The molecule has 0 aromatic heterocycles. The van der Waals surface area contributed by atoms with Crippen LogP contribution in [0.5, 0.6) is 0 Å². The van der Waals surface area contributed by atoms with E-state index < -0.39 is 0 Å². The first-order valence-electron chi connectivity index (χ1n) is 12.6. The van der Waals surface area contributed by atoms with Crippen LogP contribution in [-0.2, 0) is 14.9 Å². The minimum absolute atomic E-state index is 0.247. The Balaban J connectivity index is 1.66. The molecule has 1 aliphatic carbocycles. The first-order valence-corrected chi connectivity index (χ1v) is 12.6. The maximum Gasteiger partial charge on any atom is 0.337 e. The van der Waals surface area contributed by atoms with E-state index in [1.165, 1.54) is 24.8 Å². The predicted octanol–water partition coefficient (Wildman–Crippen LogP) is 8.35. The molecule has 0 radical (unpaired) electrons. The molecule has 1 heterocycles. The molecule has 0 spiro atoms. The Morgan fingerprint density at radius 1 is 0.921 bits per heavy atom. The monoisotopic (exact) mass is 503 g/mol. The first kappa shape index (κ1) is 25.2. The smallest absolute Gasteiger partial charge is 0.337 e. The molecule has 190 valence electrons. The maximum absolute atomic E-state index is 13.4. The minimum atomic E-state index is -0.367. The molecule has 3 aromatic rings. The fourth-order valence-corrected chi connectivity index (χ4v) is 5.33. The van der Waals surface area contributed by atoms with Gasteiger partial charge in [-0.25, -0.2) is 9.18 Å². The van der Waals surface area contributed by atoms with Crippen molar-refractivity contribution in [1.29, 1.82) is 0 Å².